The van der Waals surface area contributed by atoms with Gasteiger partial charge < -0.3 is 4.74 Å². The van der Waals surface area contributed by atoms with E-state index < -0.39 is 0 Å². The third-order valence-corrected chi connectivity index (χ3v) is 2.31. The quantitative estimate of drug-likeness (QED) is 0.493. The van der Waals surface area contributed by atoms with Crippen molar-refractivity contribution in [2.45, 2.75) is 19.1 Å². The van der Waals surface area contributed by atoms with Gasteiger partial charge in [0, 0.05) is 25.5 Å². The maximum absolute atomic E-state index is 5.73. The number of nitrogens with zero attached hydrogens (tertiary/aromatic N) is 1. The van der Waals surface area contributed by atoms with Gasteiger partial charge in [-0.3, -0.25) is 4.90 Å². The number of halogens is 1. The molecule has 0 aliphatic carbocycles. The Morgan fingerprint density at radius 3 is 3.00 bits per heavy atom. The second-order valence-electron chi connectivity index (χ2n) is 3.23. The minimum absolute atomic E-state index is 0.190. The van der Waals surface area contributed by atoms with E-state index >= 15 is 0 Å². The van der Waals surface area contributed by atoms with Crippen LogP contribution in [0.2, 0.25) is 0 Å². The van der Waals surface area contributed by atoms with Gasteiger partial charge in [-0.15, -0.1) is 18.2 Å². The van der Waals surface area contributed by atoms with E-state index in [4.69, 9.17) is 16.3 Å². The lowest BCUT2D eigenvalue weighted by molar-refractivity contribution is -0.0629. The van der Waals surface area contributed by atoms with E-state index in [1.165, 1.54) is 0 Å². The number of hydrogen-bond acceptors (Lipinski definition) is 2. The highest BCUT2D eigenvalue weighted by molar-refractivity contribution is 6.18. The van der Waals surface area contributed by atoms with Crippen molar-refractivity contribution in [2.75, 3.05) is 25.5 Å². The summed E-state index contributed by atoms with van der Waals surface area (Å²) in [6, 6.07) is 0. The van der Waals surface area contributed by atoms with Crippen LogP contribution in [0.15, 0.2) is 12.7 Å². The van der Waals surface area contributed by atoms with Gasteiger partial charge in [-0.05, 0) is 6.92 Å². The van der Waals surface area contributed by atoms with Crippen molar-refractivity contribution in [3.8, 4) is 0 Å². The van der Waals surface area contributed by atoms with Gasteiger partial charge >= 0.3 is 0 Å². The largest absolute Gasteiger partial charge is 0.371 e. The predicted octanol–water partition coefficient (Wildman–Crippen LogP) is 1.50. The Bertz CT molecular complexity index is 151. The molecule has 0 amide bonds. The summed E-state index contributed by atoms with van der Waals surface area (Å²) in [6.07, 6.45) is 2.40. The fourth-order valence-corrected chi connectivity index (χ4v) is 1.73. The van der Waals surface area contributed by atoms with Gasteiger partial charge in [0.05, 0.1) is 12.2 Å². The van der Waals surface area contributed by atoms with Crippen LogP contribution in [0.4, 0.5) is 0 Å². The predicted molar refractivity (Wildman–Crippen MR) is 51.7 cm³/mol. The first-order valence-corrected chi connectivity index (χ1v) is 4.84. The Kier molecular flexibility index (Phi) is 4.06. The Morgan fingerprint density at radius 1 is 1.67 bits per heavy atom. The lowest BCUT2D eigenvalue weighted by Crippen LogP contribution is -2.47. The van der Waals surface area contributed by atoms with E-state index in [0.29, 0.717) is 12.0 Å². The average Bonchev–Trinajstić information content (AvgIpc) is 2.04. The van der Waals surface area contributed by atoms with E-state index in [1.807, 2.05) is 6.08 Å². The Balaban J connectivity index is 2.39. The summed E-state index contributed by atoms with van der Waals surface area (Å²) in [5, 5.41) is 0. The molecule has 3 heteroatoms. The van der Waals surface area contributed by atoms with E-state index in [2.05, 4.69) is 18.4 Å². The van der Waals surface area contributed by atoms with Crippen molar-refractivity contribution in [3.63, 3.8) is 0 Å². The maximum atomic E-state index is 5.73. The van der Waals surface area contributed by atoms with Gasteiger partial charge in [-0.2, -0.15) is 0 Å². The molecule has 0 aromatic rings. The highest BCUT2D eigenvalue weighted by Gasteiger charge is 2.23. The molecule has 2 nitrogen and oxygen atoms in total. The number of rotatable bonds is 3. The van der Waals surface area contributed by atoms with Crippen LogP contribution < -0.4 is 0 Å². The first kappa shape index (κ1) is 10.0. The Labute approximate surface area is 79.1 Å². The van der Waals surface area contributed by atoms with Crippen LogP contribution in [0.25, 0.3) is 0 Å². The molecule has 0 N–H and O–H groups in total. The number of morpholine rings is 1. The third kappa shape index (κ3) is 2.77. The molecule has 1 rings (SSSR count). The van der Waals surface area contributed by atoms with Gasteiger partial charge in [0.15, 0.2) is 0 Å². The summed E-state index contributed by atoms with van der Waals surface area (Å²) in [5.74, 6) is 0.581. The molecule has 1 aliphatic rings. The standard InChI is InChI=1S/C9H16ClNO/c1-3-4-11-6-8(2)12-9(5-10)7-11/h3,8-9H,1,4-7H2,2H3. The third-order valence-electron chi connectivity index (χ3n) is 1.96. The highest BCUT2D eigenvalue weighted by atomic mass is 35.5. The Hall–Kier alpha value is -0.0500. The van der Waals surface area contributed by atoms with Crippen LogP contribution in [0.3, 0.4) is 0 Å². The summed E-state index contributed by atoms with van der Waals surface area (Å²) < 4.78 is 5.60. The number of alkyl halides is 1. The minimum atomic E-state index is 0.190. The van der Waals surface area contributed by atoms with Crippen LogP contribution in [0.5, 0.6) is 0 Å². The summed E-state index contributed by atoms with van der Waals surface area (Å²) in [7, 11) is 0. The van der Waals surface area contributed by atoms with Gasteiger partial charge in [-0.25, -0.2) is 0 Å². The molecule has 1 fully saturated rings. The molecule has 0 radical (unpaired) electrons. The van der Waals surface area contributed by atoms with E-state index in [-0.39, 0.29) is 6.10 Å². The molecule has 2 unspecified atom stereocenters. The van der Waals surface area contributed by atoms with Crippen LogP contribution in [-0.4, -0.2) is 42.6 Å². The zero-order valence-corrected chi connectivity index (χ0v) is 8.26. The SMILES string of the molecule is C=CCN1CC(C)OC(CCl)C1. The van der Waals surface area contributed by atoms with Crippen molar-refractivity contribution in [1.82, 2.24) is 4.90 Å². The van der Waals surface area contributed by atoms with Crippen molar-refractivity contribution in [3.05, 3.63) is 12.7 Å². The zero-order chi connectivity index (χ0) is 8.97. The van der Waals surface area contributed by atoms with Crippen LogP contribution in [0, 0.1) is 0 Å². The molecule has 0 spiro atoms. The zero-order valence-electron chi connectivity index (χ0n) is 7.50. The minimum Gasteiger partial charge on any atom is -0.371 e. The number of ether oxygens (including phenoxy) is 1. The summed E-state index contributed by atoms with van der Waals surface area (Å²) in [6.45, 7) is 8.64. The monoisotopic (exact) mass is 189 g/mol. The second-order valence-corrected chi connectivity index (χ2v) is 3.54. The van der Waals surface area contributed by atoms with E-state index in [9.17, 15) is 0 Å². The lowest BCUT2D eigenvalue weighted by Gasteiger charge is -2.35. The van der Waals surface area contributed by atoms with Crippen molar-refractivity contribution < 1.29 is 4.74 Å². The molecule has 1 heterocycles. The van der Waals surface area contributed by atoms with Crippen LogP contribution in [-0.2, 0) is 4.74 Å². The second kappa shape index (κ2) is 4.85. The summed E-state index contributed by atoms with van der Waals surface area (Å²) in [5.41, 5.74) is 0. The summed E-state index contributed by atoms with van der Waals surface area (Å²) in [4.78, 5) is 2.31. The molecule has 12 heavy (non-hydrogen) atoms. The average molecular weight is 190 g/mol. The topological polar surface area (TPSA) is 12.5 Å². The fourth-order valence-electron chi connectivity index (χ4n) is 1.56. The van der Waals surface area contributed by atoms with Crippen molar-refractivity contribution in [1.29, 1.82) is 0 Å². The molecule has 0 aromatic heterocycles. The molecule has 1 aliphatic heterocycles. The smallest absolute Gasteiger partial charge is 0.0841 e. The molecule has 70 valence electrons. The van der Waals surface area contributed by atoms with E-state index in [1.54, 1.807) is 0 Å². The number of hydrogen-bond donors (Lipinski definition) is 0. The maximum Gasteiger partial charge on any atom is 0.0841 e. The summed E-state index contributed by atoms with van der Waals surface area (Å²) >= 11 is 5.73. The fraction of sp³-hybridized carbons (Fsp3) is 0.778. The highest BCUT2D eigenvalue weighted by Crippen LogP contribution is 2.11. The molecular weight excluding hydrogens is 174 g/mol. The molecule has 1 saturated heterocycles. The van der Waals surface area contributed by atoms with Crippen LogP contribution in [0.1, 0.15) is 6.92 Å². The van der Waals surface area contributed by atoms with Crippen LogP contribution >= 0.6 is 11.6 Å². The first-order chi connectivity index (χ1) is 5.76. The first-order valence-electron chi connectivity index (χ1n) is 4.31. The van der Waals surface area contributed by atoms with Crippen molar-refractivity contribution >= 4 is 11.6 Å². The Morgan fingerprint density at radius 2 is 2.42 bits per heavy atom. The normalized spacial score (nSPS) is 31.8. The lowest BCUT2D eigenvalue weighted by atomic mass is 10.2. The molecular formula is C9H16ClNO. The van der Waals surface area contributed by atoms with E-state index in [0.717, 1.165) is 19.6 Å². The molecule has 0 bridgehead atoms. The van der Waals surface area contributed by atoms with Gasteiger partial charge in [0.1, 0.15) is 0 Å². The molecule has 0 aromatic carbocycles. The molecule has 2 atom stereocenters. The van der Waals surface area contributed by atoms with Gasteiger partial charge in [0.2, 0.25) is 0 Å². The molecule has 0 saturated carbocycles. The van der Waals surface area contributed by atoms with Gasteiger partial charge in [-0.1, -0.05) is 6.08 Å². The van der Waals surface area contributed by atoms with Crippen molar-refractivity contribution in [2.24, 2.45) is 0 Å². The van der Waals surface area contributed by atoms with Gasteiger partial charge in [0.25, 0.3) is 0 Å².